The molecule has 1 aliphatic heterocycles. The van der Waals surface area contributed by atoms with Crippen molar-refractivity contribution in [3.63, 3.8) is 0 Å². The summed E-state index contributed by atoms with van der Waals surface area (Å²) < 4.78 is 36.7. The number of methoxy groups -OCH3 is 2. The smallest absolute Gasteiger partial charge is 0.250 e. The predicted molar refractivity (Wildman–Crippen MR) is 106 cm³/mol. The Balaban J connectivity index is 1.59. The van der Waals surface area contributed by atoms with Gasteiger partial charge in [0.25, 0.3) is 0 Å². The van der Waals surface area contributed by atoms with Crippen LogP contribution in [0.15, 0.2) is 42.5 Å². The lowest BCUT2D eigenvalue weighted by Crippen LogP contribution is -2.42. The maximum atomic E-state index is 13.2. The summed E-state index contributed by atoms with van der Waals surface area (Å²) in [6, 6.07) is 12.1. The molecule has 0 aromatic heterocycles. The predicted octanol–water partition coefficient (Wildman–Crippen LogP) is 2.56. The first kappa shape index (κ1) is 18.6. The first-order valence-electron chi connectivity index (χ1n) is 8.96. The Kier molecular flexibility index (Phi) is 4.26. The Morgan fingerprint density at radius 2 is 1.75 bits per heavy atom. The second-order valence-corrected chi connectivity index (χ2v) is 9.28. The van der Waals surface area contributed by atoms with Gasteiger partial charge in [-0.15, -0.1) is 0 Å². The number of sulfonamides is 1. The summed E-state index contributed by atoms with van der Waals surface area (Å²) in [5, 5.41) is 2.81. The summed E-state index contributed by atoms with van der Waals surface area (Å²) in [4.78, 5) is 13.0. The van der Waals surface area contributed by atoms with E-state index in [-0.39, 0.29) is 5.92 Å². The van der Waals surface area contributed by atoms with Crippen LogP contribution in [-0.4, -0.2) is 39.8 Å². The number of amides is 1. The number of hydrogen-bond acceptors (Lipinski definition) is 5. The Bertz CT molecular complexity index is 1040. The Morgan fingerprint density at radius 1 is 1.11 bits per heavy atom. The van der Waals surface area contributed by atoms with Crippen LogP contribution in [0.1, 0.15) is 12.0 Å². The highest BCUT2D eigenvalue weighted by Crippen LogP contribution is 2.58. The zero-order valence-corrected chi connectivity index (χ0v) is 16.7. The number of aryl methyl sites for hydroxylation is 1. The van der Waals surface area contributed by atoms with Crippen LogP contribution in [0.3, 0.4) is 0 Å². The number of hydrogen-bond donors (Lipinski definition) is 1. The highest BCUT2D eigenvalue weighted by Gasteiger charge is 2.75. The largest absolute Gasteiger partial charge is 0.497 e. The van der Waals surface area contributed by atoms with Crippen molar-refractivity contribution < 1.29 is 22.7 Å². The quantitative estimate of drug-likeness (QED) is 0.831. The minimum atomic E-state index is -3.82. The van der Waals surface area contributed by atoms with Gasteiger partial charge in [-0.25, -0.2) is 8.42 Å². The first-order valence-corrected chi connectivity index (χ1v) is 10.4. The minimum Gasteiger partial charge on any atom is -0.497 e. The summed E-state index contributed by atoms with van der Waals surface area (Å²) >= 11 is 0. The fourth-order valence-corrected chi connectivity index (χ4v) is 6.21. The van der Waals surface area contributed by atoms with Crippen molar-refractivity contribution in [3.8, 4) is 11.5 Å². The van der Waals surface area contributed by atoms with E-state index in [4.69, 9.17) is 9.47 Å². The molecule has 1 saturated carbocycles. The molecule has 4 rings (SSSR count). The van der Waals surface area contributed by atoms with E-state index in [9.17, 15) is 13.2 Å². The third kappa shape index (κ3) is 2.63. The van der Waals surface area contributed by atoms with Crippen molar-refractivity contribution >= 4 is 27.3 Å². The average molecular weight is 402 g/mol. The fraction of sp³-hybridized carbons (Fsp3) is 0.350. The van der Waals surface area contributed by atoms with Crippen molar-refractivity contribution in [2.75, 3.05) is 30.4 Å². The normalized spacial score (nSPS) is 24.4. The molecular formula is C20H22N2O5S. The lowest BCUT2D eigenvalue weighted by Gasteiger charge is -2.23. The molecule has 1 amide bonds. The molecule has 0 spiro atoms. The van der Waals surface area contributed by atoms with Crippen molar-refractivity contribution in [1.82, 2.24) is 0 Å². The first-order chi connectivity index (χ1) is 13.3. The van der Waals surface area contributed by atoms with Gasteiger partial charge in [-0.05, 0) is 61.4 Å². The van der Waals surface area contributed by atoms with Gasteiger partial charge in [0.2, 0.25) is 15.9 Å². The second kappa shape index (κ2) is 6.41. The van der Waals surface area contributed by atoms with Crippen LogP contribution in [0.25, 0.3) is 0 Å². The standard InChI is InChI=1S/C20H22N2O5S/c1-13-10-17(27-3)8-9-18(13)21-19(23)20-11-14(20)12-22(28(20,24)25)15-4-6-16(26-2)7-5-15/h4-10,14H,11-12H2,1-3H3,(H,21,23)/t14-,20+/m0/s1. The van der Waals surface area contributed by atoms with Gasteiger partial charge in [-0.3, -0.25) is 9.10 Å². The number of fused-ring (bicyclic) bond motifs is 1. The topological polar surface area (TPSA) is 84.9 Å². The second-order valence-electron chi connectivity index (χ2n) is 7.16. The number of anilines is 2. The van der Waals surface area contributed by atoms with Gasteiger partial charge in [0.05, 0.1) is 19.9 Å². The third-order valence-corrected chi connectivity index (χ3v) is 8.16. The van der Waals surface area contributed by atoms with E-state index in [0.29, 0.717) is 35.8 Å². The molecule has 2 fully saturated rings. The van der Waals surface area contributed by atoms with Crippen molar-refractivity contribution in [2.24, 2.45) is 5.92 Å². The fourth-order valence-electron chi connectivity index (χ4n) is 3.85. The number of carbonyl (C=O) groups excluding carboxylic acids is 1. The molecular weight excluding hydrogens is 380 g/mol. The van der Waals surface area contributed by atoms with Crippen LogP contribution < -0.4 is 19.1 Å². The number of nitrogens with zero attached hydrogens (tertiary/aromatic N) is 1. The number of carbonyl (C=O) groups is 1. The highest BCUT2D eigenvalue weighted by molar-refractivity contribution is 7.95. The van der Waals surface area contributed by atoms with Gasteiger partial charge < -0.3 is 14.8 Å². The number of rotatable bonds is 5. The van der Waals surface area contributed by atoms with Crippen LogP contribution in [-0.2, 0) is 14.8 Å². The third-order valence-electron chi connectivity index (χ3n) is 5.61. The van der Waals surface area contributed by atoms with Crippen molar-refractivity contribution in [3.05, 3.63) is 48.0 Å². The van der Waals surface area contributed by atoms with E-state index in [1.807, 2.05) is 6.92 Å². The van der Waals surface area contributed by atoms with Crippen molar-refractivity contribution in [1.29, 1.82) is 0 Å². The van der Waals surface area contributed by atoms with Crippen LogP contribution in [0.2, 0.25) is 0 Å². The maximum Gasteiger partial charge on any atom is 0.250 e. The van der Waals surface area contributed by atoms with Crippen LogP contribution in [0.4, 0.5) is 11.4 Å². The monoisotopic (exact) mass is 402 g/mol. The minimum absolute atomic E-state index is 0.210. The summed E-state index contributed by atoms with van der Waals surface area (Å²) in [6.07, 6.45) is 0.350. The molecule has 1 saturated heterocycles. The molecule has 1 N–H and O–H groups in total. The summed E-state index contributed by atoms with van der Waals surface area (Å²) in [6.45, 7) is 2.15. The Hall–Kier alpha value is -2.74. The molecule has 0 bridgehead atoms. The number of nitrogens with one attached hydrogen (secondary N) is 1. The summed E-state index contributed by atoms with van der Waals surface area (Å²) in [7, 11) is -0.693. The zero-order valence-electron chi connectivity index (χ0n) is 15.9. The average Bonchev–Trinajstić information content (AvgIpc) is 3.38. The molecule has 0 unspecified atom stereocenters. The lowest BCUT2D eigenvalue weighted by molar-refractivity contribution is -0.116. The maximum absolute atomic E-state index is 13.2. The molecule has 2 atom stereocenters. The molecule has 28 heavy (non-hydrogen) atoms. The van der Waals surface area contributed by atoms with Crippen LogP contribution in [0, 0.1) is 12.8 Å². The molecule has 0 radical (unpaired) electrons. The van der Waals surface area contributed by atoms with Gasteiger partial charge >= 0.3 is 0 Å². The molecule has 2 aromatic carbocycles. The zero-order chi connectivity index (χ0) is 20.1. The van der Waals surface area contributed by atoms with E-state index in [1.165, 1.54) is 4.31 Å². The van der Waals surface area contributed by atoms with E-state index in [1.54, 1.807) is 56.7 Å². The summed E-state index contributed by atoms with van der Waals surface area (Å²) in [5.41, 5.74) is 1.94. The van der Waals surface area contributed by atoms with Gasteiger partial charge in [-0.1, -0.05) is 0 Å². The Morgan fingerprint density at radius 3 is 2.36 bits per heavy atom. The number of benzene rings is 2. The van der Waals surface area contributed by atoms with E-state index >= 15 is 0 Å². The van der Waals surface area contributed by atoms with Gasteiger partial charge in [-0.2, -0.15) is 0 Å². The van der Waals surface area contributed by atoms with Crippen LogP contribution in [0.5, 0.6) is 11.5 Å². The highest BCUT2D eigenvalue weighted by atomic mass is 32.2. The lowest BCUT2D eigenvalue weighted by atomic mass is 10.1. The summed E-state index contributed by atoms with van der Waals surface area (Å²) in [5.74, 6) is 0.644. The van der Waals surface area contributed by atoms with Gasteiger partial charge in [0.1, 0.15) is 11.5 Å². The van der Waals surface area contributed by atoms with Gasteiger partial charge in [0, 0.05) is 18.2 Å². The molecule has 1 heterocycles. The molecule has 2 aromatic rings. The molecule has 8 heteroatoms. The van der Waals surface area contributed by atoms with Gasteiger partial charge in [0.15, 0.2) is 4.75 Å². The Labute approximate surface area is 164 Å². The number of ether oxygens (including phenoxy) is 2. The van der Waals surface area contributed by atoms with Crippen molar-refractivity contribution in [2.45, 2.75) is 18.1 Å². The van der Waals surface area contributed by atoms with E-state index in [2.05, 4.69) is 5.32 Å². The van der Waals surface area contributed by atoms with E-state index in [0.717, 1.165) is 5.56 Å². The molecule has 2 aliphatic rings. The molecule has 148 valence electrons. The molecule has 1 aliphatic carbocycles. The molecule has 7 nitrogen and oxygen atoms in total. The van der Waals surface area contributed by atoms with Crippen LogP contribution >= 0.6 is 0 Å². The SMILES string of the molecule is COc1ccc(N2C[C@@H]3C[C@@]3(C(=O)Nc3ccc(OC)cc3C)S2(=O)=O)cc1. The van der Waals surface area contributed by atoms with E-state index < -0.39 is 20.7 Å².